The van der Waals surface area contributed by atoms with Crippen LogP contribution in [0.4, 0.5) is 5.69 Å². The fourth-order valence-electron chi connectivity index (χ4n) is 2.63. The van der Waals surface area contributed by atoms with Gasteiger partial charge in [0, 0.05) is 31.4 Å². The van der Waals surface area contributed by atoms with E-state index in [0.717, 1.165) is 6.54 Å². The Balaban J connectivity index is 1.73. The van der Waals surface area contributed by atoms with Crippen LogP contribution in [0.25, 0.3) is 0 Å². The van der Waals surface area contributed by atoms with Gasteiger partial charge in [0.1, 0.15) is 0 Å². The van der Waals surface area contributed by atoms with Crippen molar-refractivity contribution in [3.8, 4) is 0 Å². The third-order valence-corrected chi connectivity index (χ3v) is 4.21. The molecule has 2 aliphatic rings. The Morgan fingerprint density at radius 3 is 2.94 bits per heavy atom. The van der Waals surface area contributed by atoms with E-state index in [1.165, 1.54) is 49.0 Å². The molecule has 0 saturated heterocycles. The molecule has 1 aliphatic heterocycles. The maximum atomic E-state index is 3.65. The van der Waals surface area contributed by atoms with Gasteiger partial charge in [0.05, 0.1) is 0 Å². The van der Waals surface area contributed by atoms with E-state index in [1.54, 1.807) is 0 Å². The molecule has 2 nitrogen and oxygen atoms in total. The molecule has 92 valence electrons. The van der Waals surface area contributed by atoms with Crippen molar-refractivity contribution in [1.82, 2.24) is 5.32 Å². The Hall–Kier alpha value is -1.02. The Kier molecular flexibility index (Phi) is 2.62. The molecule has 1 heterocycles. The summed E-state index contributed by atoms with van der Waals surface area (Å²) in [4.78, 5) is 2.37. The molecule has 0 aromatic heterocycles. The van der Waals surface area contributed by atoms with Gasteiger partial charge in [0.15, 0.2) is 0 Å². The van der Waals surface area contributed by atoms with Gasteiger partial charge in [-0.15, -0.1) is 0 Å². The van der Waals surface area contributed by atoms with Crippen molar-refractivity contribution >= 4 is 5.69 Å². The summed E-state index contributed by atoms with van der Waals surface area (Å²) >= 11 is 0. The van der Waals surface area contributed by atoms with E-state index in [0.29, 0.717) is 5.54 Å². The zero-order valence-electron chi connectivity index (χ0n) is 10.9. The molecule has 2 heteroatoms. The van der Waals surface area contributed by atoms with E-state index in [2.05, 4.69) is 42.4 Å². The number of nitrogens with zero attached hydrogens (tertiary/aromatic N) is 1. The molecule has 1 fully saturated rings. The lowest BCUT2D eigenvalue weighted by molar-refractivity contribution is 0.537. The van der Waals surface area contributed by atoms with Crippen LogP contribution in [0.15, 0.2) is 18.2 Å². The van der Waals surface area contributed by atoms with Gasteiger partial charge in [0.25, 0.3) is 0 Å². The number of rotatable bonds is 3. The van der Waals surface area contributed by atoms with Crippen LogP contribution in [0.2, 0.25) is 0 Å². The minimum Gasteiger partial charge on any atom is -0.374 e. The highest BCUT2D eigenvalue weighted by molar-refractivity contribution is 5.56. The van der Waals surface area contributed by atoms with Crippen LogP contribution in [0.5, 0.6) is 0 Å². The molecular formula is C15H22N2. The van der Waals surface area contributed by atoms with Crippen molar-refractivity contribution in [2.45, 2.75) is 44.7 Å². The molecule has 0 radical (unpaired) electrons. The van der Waals surface area contributed by atoms with Crippen LogP contribution in [-0.2, 0) is 13.0 Å². The molecule has 1 aromatic rings. The fourth-order valence-corrected chi connectivity index (χ4v) is 2.63. The molecule has 1 saturated carbocycles. The molecule has 3 rings (SSSR count). The number of fused-ring (bicyclic) bond motifs is 1. The average molecular weight is 230 g/mol. The van der Waals surface area contributed by atoms with Crippen molar-refractivity contribution in [3.63, 3.8) is 0 Å². The largest absolute Gasteiger partial charge is 0.374 e. The topological polar surface area (TPSA) is 15.3 Å². The van der Waals surface area contributed by atoms with E-state index < -0.39 is 0 Å². The summed E-state index contributed by atoms with van der Waals surface area (Å²) in [7, 11) is 2.20. The van der Waals surface area contributed by atoms with Crippen molar-refractivity contribution in [2.24, 2.45) is 0 Å². The quantitative estimate of drug-likeness (QED) is 0.859. The van der Waals surface area contributed by atoms with E-state index in [9.17, 15) is 0 Å². The highest BCUT2D eigenvalue weighted by Crippen LogP contribution is 2.35. The second-order valence-electron chi connectivity index (χ2n) is 5.90. The number of benzene rings is 1. The maximum Gasteiger partial charge on any atom is 0.0396 e. The monoisotopic (exact) mass is 230 g/mol. The lowest BCUT2D eigenvalue weighted by atomic mass is 9.99. The summed E-state index contributed by atoms with van der Waals surface area (Å²) in [5, 5.41) is 3.65. The van der Waals surface area contributed by atoms with Crippen molar-refractivity contribution in [3.05, 3.63) is 29.3 Å². The molecular weight excluding hydrogens is 208 g/mol. The van der Waals surface area contributed by atoms with Gasteiger partial charge in [-0.3, -0.25) is 0 Å². The van der Waals surface area contributed by atoms with E-state index in [4.69, 9.17) is 0 Å². The van der Waals surface area contributed by atoms with Crippen LogP contribution in [0.1, 0.15) is 37.3 Å². The van der Waals surface area contributed by atoms with Gasteiger partial charge in [0.2, 0.25) is 0 Å². The standard InChI is InChI=1S/C15H22N2/c1-15(7-8-15)16-11-12-5-6-14-13(10-12)4-3-9-17(14)2/h5-6,10,16H,3-4,7-9,11H2,1-2H3. The first-order valence-electron chi connectivity index (χ1n) is 6.74. The molecule has 0 unspecified atom stereocenters. The zero-order valence-corrected chi connectivity index (χ0v) is 10.9. The summed E-state index contributed by atoms with van der Waals surface area (Å²) in [5.74, 6) is 0. The van der Waals surface area contributed by atoms with Crippen LogP contribution >= 0.6 is 0 Å². The lowest BCUT2D eigenvalue weighted by Gasteiger charge is -2.28. The third kappa shape index (κ3) is 2.32. The van der Waals surface area contributed by atoms with E-state index in [1.807, 2.05) is 0 Å². The average Bonchev–Trinajstić information content (AvgIpc) is 3.06. The minimum atomic E-state index is 0.437. The normalized spacial score (nSPS) is 21.2. The number of nitrogens with one attached hydrogen (secondary N) is 1. The van der Waals surface area contributed by atoms with Crippen LogP contribution in [0, 0.1) is 0 Å². The minimum absolute atomic E-state index is 0.437. The first-order chi connectivity index (χ1) is 8.16. The van der Waals surface area contributed by atoms with Gasteiger partial charge in [-0.1, -0.05) is 12.1 Å². The second-order valence-corrected chi connectivity index (χ2v) is 5.90. The lowest BCUT2D eigenvalue weighted by Crippen LogP contribution is -2.28. The van der Waals surface area contributed by atoms with Crippen molar-refractivity contribution in [2.75, 3.05) is 18.5 Å². The summed E-state index contributed by atoms with van der Waals surface area (Å²) in [6.07, 6.45) is 5.20. The highest BCUT2D eigenvalue weighted by Gasteiger charge is 2.36. The number of anilines is 1. The van der Waals surface area contributed by atoms with Crippen LogP contribution in [-0.4, -0.2) is 19.1 Å². The predicted octanol–water partition coefficient (Wildman–Crippen LogP) is 2.71. The fraction of sp³-hybridized carbons (Fsp3) is 0.600. The number of aryl methyl sites for hydroxylation is 1. The zero-order chi connectivity index (χ0) is 11.9. The third-order valence-electron chi connectivity index (χ3n) is 4.21. The van der Waals surface area contributed by atoms with Crippen LogP contribution in [0.3, 0.4) is 0 Å². The van der Waals surface area contributed by atoms with Gasteiger partial charge in [-0.2, -0.15) is 0 Å². The summed E-state index contributed by atoms with van der Waals surface area (Å²) < 4.78 is 0. The molecule has 17 heavy (non-hydrogen) atoms. The molecule has 1 aliphatic carbocycles. The van der Waals surface area contributed by atoms with Crippen molar-refractivity contribution in [1.29, 1.82) is 0 Å². The first kappa shape index (κ1) is 11.1. The molecule has 0 spiro atoms. The SMILES string of the molecule is CN1CCCc2cc(CNC3(C)CC3)ccc21. The molecule has 1 N–H and O–H groups in total. The molecule has 0 atom stereocenters. The smallest absolute Gasteiger partial charge is 0.0396 e. The van der Waals surface area contributed by atoms with Crippen molar-refractivity contribution < 1.29 is 0 Å². The van der Waals surface area contributed by atoms with Gasteiger partial charge < -0.3 is 10.2 Å². The summed E-state index contributed by atoms with van der Waals surface area (Å²) in [5.41, 5.74) is 4.83. The predicted molar refractivity (Wildman–Crippen MR) is 72.5 cm³/mol. The van der Waals surface area contributed by atoms with E-state index in [-0.39, 0.29) is 0 Å². The van der Waals surface area contributed by atoms with Crippen LogP contribution < -0.4 is 10.2 Å². The number of hydrogen-bond acceptors (Lipinski definition) is 2. The molecule has 0 bridgehead atoms. The Labute approximate surface area is 104 Å². The van der Waals surface area contributed by atoms with Gasteiger partial charge in [-0.05, 0) is 49.8 Å². The number of hydrogen-bond donors (Lipinski definition) is 1. The van der Waals surface area contributed by atoms with E-state index >= 15 is 0 Å². The van der Waals surface area contributed by atoms with Gasteiger partial charge >= 0.3 is 0 Å². The Bertz CT molecular complexity index is 421. The highest BCUT2D eigenvalue weighted by atomic mass is 15.1. The summed E-state index contributed by atoms with van der Waals surface area (Å²) in [6, 6.07) is 6.96. The first-order valence-corrected chi connectivity index (χ1v) is 6.74. The molecule has 0 amide bonds. The Morgan fingerprint density at radius 1 is 1.35 bits per heavy atom. The molecule has 1 aromatic carbocycles. The Morgan fingerprint density at radius 2 is 2.18 bits per heavy atom. The maximum absolute atomic E-state index is 3.65. The van der Waals surface area contributed by atoms with Gasteiger partial charge in [-0.25, -0.2) is 0 Å². The second kappa shape index (κ2) is 4.02. The summed E-state index contributed by atoms with van der Waals surface area (Å²) in [6.45, 7) is 4.54.